The van der Waals surface area contributed by atoms with Gasteiger partial charge in [0, 0.05) is 5.92 Å². The van der Waals surface area contributed by atoms with Crippen molar-refractivity contribution in [3.05, 3.63) is 24.3 Å². The van der Waals surface area contributed by atoms with E-state index in [0.717, 1.165) is 38.5 Å². The van der Waals surface area contributed by atoms with Gasteiger partial charge in [0.25, 0.3) is 0 Å². The molecule has 1 rings (SSSR count). The molecular weight excluding hydrogens is 196 g/mol. The molecule has 0 aliphatic heterocycles. The van der Waals surface area contributed by atoms with Gasteiger partial charge in [-0.15, -0.1) is 0 Å². The number of hydrogen-bond acceptors (Lipinski definition) is 1. The summed E-state index contributed by atoms with van der Waals surface area (Å²) < 4.78 is 0. The molecule has 0 N–H and O–H groups in total. The molecule has 0 bridgehead atoms. The largest absolute Gasteiger partial charge is 0.281 e. The highest BCUT2D eigenvalue weighted by molar-refractivity contribution is 6.63. The first kappa shape index (κ1) is 11.5. The molecule has 0 unspecified atom stereocenters. The zero-order valence-electron chi connectivity index (χ0n) is 8.42. The van der Waals surface area contributed by atoms with Gasteiger partial charge in [0.15, 0.2) is 0 Å². The zero-order chi connectivity index (χ0) is 10.2. The van der Waals surface area contributed by atoms with Crippen LogP contribution < -0.4 is 0 Å². The summed E-state index contributed by atoms with van der Waals surface area (Å²) in [5, 5.41) is -0.183. The van der Waals surface area contributed by atoms with Gasteiger partial charge in [-0.3, -0.25) is 4.79 Å². The Kier molecular flexibility index (Phi) is 5.62. The van der Waals surface area contributed by atoms with E-state index in [4.69, 9.17) is 11.6 Å². The molecule has 0 aromatic carbocycles. The van der Waals surface area contributed by atoms with Crippen LogP contribution in [0, 0.1) is 5.92 Å². The lowest BCUT2D eigenvalue weighted by molar-refractivity contribution is -0.115. The van der Waals surface area contributed by atoms with Crippen molar-refractivity contribution in [1.82, 2.24) is 0 Å². The van der Waals surface area contributed by atoms with Crippen LogP contribution in [0.15, 0.2) is 24.3 Å². The second-order valence-corrected chi connectivity index (χ2v) is 4.06. The minimum absolute atomic E-state index is 0.0272. The van der Waals surface area contributed by atoms with Gasteiger partial charge in [-0.25, -0.2) is 0 Å². The van der Waals surface area contributed by atoms with Crippen molar-refractivity contribution >= 4 is 16.8 Å². The van der Waals surface area contributed by atoms with Crippen LogP contribution in [0.2, 0.25) is 0 Å². The van der Waals surface area contributed by atoms with Crippen LogP contribution in [0.4, 0.5) is 0 Å². The third-order valence-corrected chi connectivity index (χ3v) is 2.81. The summed E-state index contributed by atoms with van der Waals surface area (Å²) in [5.74, 6) is 0.0272. The molecule has 0 fully saturated rings. The van der Waals surface area contributed by atoms with Gasteiger partial charge in [0.05, 0.1) is 0 Å². The van der Waals surface area contributed by atoms with Crippen LogP contribution in [0.5, 0.6) is 0 Å². The van der Waals surface area contributed by atoms with E-state index in [9.17, 15) is 4.79 Å². The smallest absolute Gasteiger partial charge is 0.225 e. The fourth-order valence-electron chi connectivity index (χ4n) is 1.61. The zero-order valence-corrected chi connectivity index (χ0v) is 9.17. The molecule has 0 aromatic heterocycles. The molecule has 1 atom stereocenters. The van der Waals surface area contributed by atoms with E-state index in [-0.39, 0.29) is 11.2 Å². The summed E-state index contributed by atoms with van der Waals surface area (Å²) in [4.78, 5) is 11.1. The number of carbonyl (C=O) groups excluding carboxylic acids is 1. The molecule has 0 amide bonds. The molecule has 2 heteroatoms. The molecule has 0 radical (unpaired) electrons. The first-order valence-electron chi connectivity index (χ1n) is 5.30. The SMILES string of the molecule is O=C(Cl)[C@H]1C/C=C\CC/C=C/CCC1. The van der Waals surface area contributed by atoms with E-state index in [0.29, 0.717) is 0 Å². The van der Waals surface area contributed by atoms with E-state index in [1.54, 1.807) is 0 Å². The maximum absolute atomic E-state index is 11.1. The Morgan fingerprint density at radius 1 is 1.07 bits per heavy atom. The molecule has 14 heavy (non-hydrogen) atoms. The minimum Gasteiger partial charge on any atom is -0.281 e. The monoisotopic (exact) mass is 212 g/mol. The molecule has 0 saturated heterocycles. The lowest BCUT2D eigenvalue weighted by Gasteiger charge is -2.08. The number of carbonyl (C=O) groups is 1. The first-order valence-corrected chi connectivity index (χ1v) is 5.68. The molecule has 1 nitrogen and oxygen atoms in total. The Balaban J connectivity index is 2.48. The third-order valence-electron chi connectivity index (χ3n) is 2.50. The number of rotatable bonds is 1. The molecular formula is C12H17ClO. The Hall–Kier alpha value is -0.560. The predicted molar refractivity (Wildman–Crippen MR) is 60.3 cm³/mol. The molecule has 0 heterocycles. The number of hydrogen-bond donors (Lipinski definition) is 0. The molecule has 1 aliphatic rings. The first-order chi connectivity index (χ1) is 6.80. The van der Waals surface area contributed by atoms with Crippen LogP contribution in [0.1, 0.15) is 38.5 Å². The van der Waals surface area contributed by atoms with Crippen molar-refractivity contribution in [3.8, 4) is 0 Å². The highest BCUT2D eigenvalue weighted by Crippen LogP contribution is 2.18. The van der Waals surface area contributed by atoms with Crippen molar-refractivity contribution < 1.29 is 4.79 Å². The molecule has 0 saturated carbocycles. The van der Waals surface area contributed by atoms with E-state index in [1.807, 2.05) is 0 Å². The summed E-state index contributed by atoms with van der Waals surface area (Å²) >= 11 is 5.53. The average Bonchev–Trinajstić information content (AvgIpc) is 2.21. The Labute approximate surface area is 90.8 Å². The quantitative estimate of drug-likeness (QED) is 0.477. The molecule has 78 valence electrons. The van der Waals surface area contributed by atoms with E-state index < -0.39 is 0 Å². The lowest BCUT2D eigenvalue weighted by Crippen LogP contribution is -2.07. The van der Waals surface area contributed by atoms with Crippen molar-refractivity contribution in [2.45, 2.75) is 38.5 Å². The van der Waals surface area contributed by atoms with Crippen LogP contribution in [0.3, 0.4) is 0 Å². The summed E-state index contributed by atoms with van der Waals surface area (Å²) in [6.45, 7) is 0. The van der Waals surface area contributed by atoms with Gasteiger partial charge in [-0.2, -0.15) is 0 Å². The van der Waals surface area contributed by atoms with Crippen molar-refractivity contribution in [2.24, 2.45) is 5.92 Å². The highest BCUT2D eigenvalue weighted by Gasteiger charge is 2.13. The number of allylic oxidation sites excluding steroid dienone is 4. The summed E-state index contributed by atoms with van der Waals surface area (Å²) in [5.41, 5.74) is 0. The minimum atomic E-state index is -0.183. The Morgan fingerprint density at radius 2 is 1.71 bits per heavy atom. The average molecular weight is 213 g/mol. The molecule has 0 spiro atoms. The summed E-state index contributed by atoms with van der Waals surface area (Å²) in [6, 6.07) is 0. The van der Waals surface area contributed by atoms with Crippen molar-refractivity contribution in [2.75, 3.05) is 0 Å². The fraction of sp³-hybridized carbons (Fsp3) is 0.583. The van der Waals surface area contributed by atoms with Crippen LogP contribution >= 0.6 is 11.6 Å². The van der Waals surface area contributed by atoms with Crippen molar-refractivity contribution in [3.63, 3.8) is 0 Å². The Morgan fingerprint density at radius 3 is 2.43 bits per heavy atom. The van der Waals surface area contributed by atoms with Gasteiger partial charge < -0.3 is 0 Å². The summed E-state index contributed by atoms with van der Waals surface area (Å²) in [7, 11) is 0. The fourth-order valence-corrected chi connectivity index (χ4v) is 1.81. The lowest BCUT2D eigenvalue weighted by atomic mass is 9.99. The van der Waals surface area contributed by atoms with Gasteiger partial charge in [0.1, 0.15) is 0 Å². The predicted octanol–water partition coefficient (Wildman–Crippen LogP) is 3.83. The topological polar surface area (TPSA) is 17.1 Å². The third kappa shape index (κ3) is 4.61. The van der Waals surface area contributed by atoms with E-state index in [1.165, 1.54) is 0 Å². The maximum atomic E-state index is 11.1. The van der Waals surface area contributed by atoms with E-state index >= 15 is 0 Å². The van der Waals surface area contributed by atoms with Gasteiger partial charge in [0.2, 0.25) is 5.24 Å². The second kappa shape index (κ2) is 6.83. The Bertz CT molecular complexity index is 230. The van der Waals surface area contributed by atoms with Gasteiger partial charge >= 0.3 is 0 Å². The summed E-state index contributed by atoms with van der Waals surface area (Å²) in [6.07, 6.45) is 14.7. The van der Waals surface area contributed by atoms with Crippen LogP contribution in [0.25, 0.3) is 0 Å². The normalized spacial score (nSPS) is 28.8. The highest BCUT2D eigenvalue weighted by atomic mass is 35.5. The number of halogens is 1. The molecule has 1 aliphatic carbocycles. The standard InChI is InChI=1S/C12H17ClO/c13-12(14)11-9-7-5-3-1-2-4-6-8-10-11/h1,3,6,8,11H,2,4-5,7,9-10H2/b3-1+,8-6-/t11-/m1/s1. The van der Waals surface area contributed by atoms with E-state index in [2.05, 4.69) is 24.3 Å². The van der Waals surface area contributed by atoms with Gasteiger partial charge in [-0.05, 0) is 50.1 Å². The van der Waals surface area contributed by atoms with Crippen LogP contribution in [-0.2, 0) is 4.79 Å². The molecule has 0 aromatic rings. The van der Waals surface area contributed by atoms with Crippen LogP contribution in [-0.4, -0.2) is 5.24 Å². The maximum Gasteiger partial charge on any atom is 0.225 e. The second-order valence-electron chi connectivity index (χ2n) is 3.69. The van der Waals surface area contributed by atoms with Gasteiger partial charge in [-0.1, -0.05) is 24.3 Å². The van der Waals surface area contributed by atoms with Crippen molar-refractivity contribution in [1.29, 1.82) is 0 Å².